The Labute approximate surface area is 236 Å². The summed E-state index contributed by atoms with van der Waals surface area (Å²) < 4.78 is 26.5. The first-order valence-corrected chi connectivity index (χ1v) is 15.3. The highest BCUT2D eigenvalue weighted by Crippen LogP contribution is 2.50. The molecule has 0 amide bonds. The smallest absolute Gasteiger partial charge is 0.324 e. The maximum Gasteiger partial charge on any atom is 0.324 e. The zero-order chi connectivity index (χ0) is 28.9. The Balaban J connectivity index is 1.10. The van der Waals surface area contributed by atoms with Crippen LogP contribution in [0, 0.1) is 0 Å². The van der Waals surface area contributed by atoms with E-state index < -0.39 is 49.1 Å². The Kier molecular flexibility index (Phi) is 7.52. The van der Waals surface area contributed by atoms with Gasteiger partial charge in [-0.15, -0.1) is 0 Å². The number of aliphatic hydroxyl groups is 2. The first-order valence-electron chi connectivity index (χ1n) is 12.7. The number of nitrogens with zero attached hydrogens (tertiary/aromatic N) is 6. The number of anilines is 2. The zero-order valence-electron chi connectivity index (χ0n) is 21.4. The first kappa shape index (κ1) is 28.1. The third-order valence-electron chi connectivity index (χ3n) is 7.05. The summed E-state index contributed by atoms with van der Waals surface area (Å²) in [7, 11) is 0. The van der Waals surface area contributed by atoms with Crippen LogP contribution in [-0.2, 0) is 30.3 Å². The van der Waals surface area contributed by atoms with Crippen molar-refractivity contribution in [3.63, 3.8) is 0 Å². The number of imidazole rings is 1. The van der Waals surface area contributed by atoms with Gasteiger partial charge < -0.3 is 49.7 Å². The number of hydrogen-bond acceptors (Lipinski definition) is 14. The van der Waals surface area contributed by atoms with Crippen LogP contribution in [0.5, 0.6) is 0 Å². The average molecular weight is 610 g/mol. The number of nitrogen functional groups attached to an aromatic ring is 2. The Morgan fingerprint density at radius 2 is 2.02 bits per heavy atom. The maximum absolute atomic E-state index is 12.2. The topological polar surface area (TPSA) is 244 Å². The standard InChI is InChI=1S/C22H28N9O8PS/c23-17-11-1-3-30(18(11)26-8-25-17)15-6-12(33)13(38-15)2-4-36-40(35,41)39-14-5-10(7-32)37-21(14)31-9-27-16-19(31)28-22(24)29-20(16)34/h1,3,8-10,12-15,21,32-33H,2,4-7H2,(H,35,41)(H2,23,25,26)(H3,24,28,29,34)/t10-,12-,13+,14+,15+,21+,40?/m0/s1. The molecule has 6 heterocycles. The van der Waals surface area contributed by atoms with Gasteiger partial charge in [0, 0.05) is 25.5 Å². The van der Waals surface area contributed by atoms with Crippen molar-refractivity contribution in [2.24, 2.45) is 0 Å². The second-order valence-corrected chi connectivity index (χ2v) is 12.5. The van der Waals surface area contributed by atoms with E-state index in [0.717, 1.165) is 0 Å². The van der Waals surface area contributed by atoms with Gasteiger partial charge in [-0.25, -0.2) is 15.0 Å². The van der Waals surface area contributed by atoms with E-state index in [1.165, 1.54) is 17.2 Å². The SMILES string of the molecule is Nc1nc2c(ncn2[C@@H]2O[C@H](CO)C[C@H]2OP(O)(=S)OCC[C@H]2O[C@@H](n3ccc4c(N)ncnc43)C[C@@H]2O)c(=O)[nH]1. The Morgan fingerprint density at radius 3 is 2.83 bits per heavy atom. The van der Waals surface area contributed by atoms with E-state index >= 15 is 0 Å². The van der Waals surface area contributed by atoms with Crippen molar-refractivity contribution in [1.29, 1.82) is 0 Å². The lowest BCUT2D eigenvalue weighted by Gasteiger charge is -2.25. The lowest BCUT2D eigenvalue weighted by molar-refractivity contribution is -0.0477. The van der Waals surface area contributed by atoms with Crippen molar-refractivity contribution in [3.05, 3.63) is 35.3 Å². The number of ether oxygens (including phenoxy) is 2. The minimum Gasteiger partial charge on any atom is -0.394 e. The number of rotatable bonds is 9. The van der Waals surface area contributed by atoms with Crippen molar-refractivity contribution >= 4 is 52.5 Å². The molecule has 1 unspecified atom stereocenters. The predicted octanol–water partition coefficient (Wildman–Crippen LogP) is -0.334. The molecule has 0 aliphatic carbocycles. The summed E-state index contributed by atoms with van der Waals surface area (Å²) in [6.07, 6.45) is 0.862. The zero-order valence-corrected chi connectivity index (χ0v) is 23.1. The van der Waals surface area contributed by atoms with Crippen LogP contribution in [0.3, 0.4) is 0 Å². The van der Waals surface area contributed by atoms with Gasteiger partial charge in [-0.1, -0.05) is 0 Å². The van der Waals surface area contributed by atoms with Crippen molar-refractivity contribution in [1.82, 2.24) is 34.1 Å². The van der Waals surface area contributed by atoms with Crippen molar-refractivity contribution in [2.45, 2.75) is 56.1 Å². The number of nitrogens with two attached hydrogens (primary N) is 2. The van der Waals surface area contributed by atoms with E-state index in [1.807, 2.05) is 0 Å². The lowest BCUT2D eigenvalue weighted by atomic mass is 10.1. The fourth-order valence-electron chi connectivity index (χ4n) is 5.16. The van der Waals surface area contributed by atoms with Crippen LogP contribution >= 0.6 is 6.72 Å². The molecule has 220 valence electrons. The Bertz CT molecular complexity index is 1680. The molecule has 0 radical (unpaired) electrons. The fraction of sp³-hybridized carbons (Fsp3) is 0.500. The molecule has 2 saturated heterocycles. The van der Waals surface area contributed by atoms with E-state index in [-0.39, 0.29) is 43.2 Å². The monoisotopic (exact) mass is 609 g/mol. The van der Waals surface area contributed by atoms with Crippen LogP contribution in [0.1, 0.15) is 31.7 Å². The number of nitrogens with one attached hydrogen (secondary N) is 1. The van der Waals surface area contributed by atoms with Gasteiger partial charge in [-0.05, 0) is 17.9 Å². The van der Waals surface area contributed by atoms with E-state index in [1.54, 1.807) is 16.8 Å². The molecule has 0 aromatic carbocycles. The maximum atomic E-state index is 12.2. The number of aromatic nitrogens is 7. The van der Waals surface area contributed by atoms with Crippen LogP contribution in [-0.4, -0.2) is 86.8 Å². The molecular weight excluding hydrogens is 581 g/mol. The highest BCUT2D eigenvalue weighted by molar-refractivity contribution is 8.07. The van der Waals surface area contributed by atoms with Gasteiger partial charge in [0.15, 0.2) is 17.4 Å². The summed E-state index contributed by atoms with van der Waals surface area (Å²) in [4.78, 5) is 41.9. The Hall–Kier alpha value is -3.06. The molecule has 0 saturated carbocycles. The number of fused-ring (bicyclic) bond motifs is 2. The number of aliphatic hydroxyl groups excluding tert-OH is 2. The molecule has 4 aromatic heterocycles. The van der Waals surface area contributed by atoms with E-state index in [9.17, 15) is 19.9 Å². The van der Waals surface area contributed by atoms with E-state index in [0.29, 0.717) is 23.3 Å². The summed E-state index contributed by atoms with van der Waals surface area (Å²) in [5, 5.41) is 21.0. The second-order valence-electron chi connectivity index (χ2n) is 9.73. The highest BCUT2D eigenvalue weighted by atomic mass is 32.5. The van der Waals surface area contributed by atoms with Crippen LogP contribution in [0.15, 0.2) is 29.7 Å². The van der Waals surface area contributed by atoms with E-state index in [2.05, 4.69) is 24.9 Å². The molecule has 6 rings (SSSR count). The molecule has 2 aliphatic rings. The third kappa shape index (κ3) is 5.45. The van der Waals surface area contributed by atoms with Gasteiger partial charge in [-0.2, -0.15) is 4.98 Å². The molecule has 8 N–H and O–H groups in total. The molecule has 41 heavy (non-hydrogen) atoms. The van der Waals surface area contributed by atoms with Crippen LogP contribution in [0.2, 0.25) is 0 Å². The van der Waals surface area contributed by atoms with Gasteiger partial charge in [0.05, 0.1) is 43.2 Å². The molecule has 2 fully saturated rings. The minimum absolute atomic E-state index is 0.0333. The first-order chi connectivity index (χ1) is 19.6. The van der Waals surface area contributed by atoms with Crippen molar-refractivity contribution < 1.29 is 33.6 Å². The second kappa shape index (κ2) is 11.0. The van der Waals surface area contributed by atoms with Gasteiger partial charge in [0.25, 0.3) is 5.56 Å². The molecular formula is C22H28N9O8PS. The van der Waals surface area contributed by atoms with Crippen LogP contribution < -0.4 is 17.0 Å². The number of aromatic amines is 1. The molecule has 7 atom stereocenters. The van der Waals surface area contributed by atoms with Crippen LogP contribution in [0.25, 0.3) is 22.2 Å². The van der Waals surface area contributed by atoms with Gasteiger partial charge >= 0.3 is 6.72 Å². The van der Waals surface area contributed by atoms with Crippen molar-refractivity contribution in [2.75, 3.05) is 24.7 Å². The van der Waals surface area contributed by atoms with Gasteiger partial charge in [0.2, 0.25) is 5.95 Å². The lowest BCUT2D eigenvalue weighted by Crippen LogP contribution is -2.24. The third-order valence-corrected chi connectivity index (χ3v) is 8.67. The minimum atomic E-state index is -3.82. The summed E-state index contributed by atoms with van der Waals surface area (Å²) in [6, 6.07) is 1.78. The summed E-state index contributed by atoms with van der Waals surface area (Å²) in [5.41, 5.74) is 11.8. The molecule has 0 bridgehead atoms. The molecule has 0 spiro atoms. The number of hydrogen-bond donors (Lipinski definition) is 6. The molecule has 2 aliphatic heterocycles. The van der Waals surface area contributed by atoms with Crippen molar-refractivity contribution in [3.8, 4) is 0 Å². The predicted molar refractivity (Wildman–Crippen MR) is 147 cm³/mol. The summed E-state index contributed by atoms with van der Waals surface area (Å²) >= 11 is 5.25. The van der Waals surface area contributed by atoms with Gasteiger partial charge in [0.1, 0.15) is 30.1 Å². The van der Waals surface area contributed by atoms with E-state index in [4.69, 9.17) is 41.8 Å². The fourth-order valence-corrected chi connectivity index (χ4v) is 6.64. The molecule has 19 heteroatoms. The quantitative estimate of drug-likeness (QED) is 0.133. The normalized spacial score (nSPS) is 28.1. The molecule has 4 aromatic rings. The van der Waals surface area contributed by atoms with Gasteiger partial charge in [-0.3, -0.25) is 14.3 Å². The number of H-pyrrole nitrogens is 1. The molecule has 17 nitrogen and oxygen atoms in total. The summed E-state index contributed by atoms with van der Waals surface area (Å²) in [6.45, 7) is -4.20. The largest absolute Gasteiger partial charge is 0.394 e. The summed E-state index contributed by atoms with van der Waals surface area (Å²) in [5.74, 6) is 0.233. The average Bonchev–Trinajstić information content (AvgIpc) is 3.69. The highest BCUT2D eigenvalue weighted by Gasteiger charge is 2.42. The Morgan fingerprint density at radius 1 is 1.20 bits per heavy atom. The van der Waals surface area contributed by atoms with Crippen LogP contribution in [0.4, 0.5) is 11.8 Å².